The number of furan rings is 1. The summed E-state index contributed by atoms with van der Waals surface area (Å²) in [5.41, 5.74) is 6.21. The van der Waals surface area contributed by atoms with E-state index in [0.717, 1.165) is 26.8 Å². The van der Waals surface area contributed by atoms with Gasteiger partial charge in [0.15, 0.2) is 5.76 Å². The summed E-state index contributed by atoms with van der Waals surface area (Å²) in [6, 6.07) is 19.3. The van der Waals surface area contributed by atoms with Crippen LogP contribution in [-0.4, -0.2) is 16.7 Å². The summed E-state index contributed by atoms with van der Waals surface area (Å²) < 4.78 is 8.56. The zero-order valence-corrected chi connectivity index (χ0v) is 16.1. The Balaban J connectivity index is 1.48. The molecule has 6 heteroatoms. The molecule has 134 valence electrons. The van der Waals surface area contributed by atoms with Gasteiger partial charge < -0.3 is 8.98 Å². The van der Waals surface area contributed by atoms with Crippen molar-refractivity contribution in [1.29, 1.82) is 0 Å². The number of amides is 1. The minimum Gasteiger partial charge on any atom is -0.451 e. The van der Waals surface area contributed by atoms with Gasteiger partial charge in [0.25, 0.3) is 0 Å². The Morgan fingerprint density at radius 1 is 1.15 bits per heavy atom. The third-order valence-corrected chi connectivity index (χ3v) is 4.64. The average Bonchev–Trinajstić information content (AvgIpc) is 3.25. The standard InChI is InChI=1S/C21H16BrN3O2/c1-14-9-15(13-25(14)18-5-3-2-4-6-18)12-23-24-21(26)20-11-16-10-17(22)7-8-19(16)27-20/h2-13H,1H3,(H,24,26)/b23-12+. The van der Waals surface area contributed by atoms with Crippen LogP contribution in [0.2, 0.25) is 0 Å². The van der Waals surface area contributed by atoms with Gasteiger partial charge in [-0.05, 0) is 49.4 Å². The summed E-state index contributed by atoms with van der Waals surface area (Å²) in [6.45, 7) is 2.02. The molecule has 27 heavy (non-hydrogen) atoms. The number of nitrogens with zero attached hydrogens (tertiary/aromatic N) is 2. The number of halogens is 1. The minimum atomic E-state index is -0.391. The third kappa shape index (κ3) is 3.71. The molecule has 0 atom stereocenters. The van der Waals surface area contributed by atoms with E-state index in [4.69, 9.17) is 4.42 Å². The van der Waals surface area contributed by atoms with Crippen LogP contribution in [0.15, 0.2) is 80.9 Å². The lowest BCUT2D eigenvalue weighted by Gasteiger charge is -2.04. The molecule has 2 heterocycles. The molecule has 0 aliphatic rings. The molecular weight excluding hydrogens is 406 g/mol. The number of hydrogen-bond acceptors (Lipinski definition) is 3. The minimum absolute atomic E-state index is 0.221. The molecule has 0 bridgehead atoms. The smallest absolute Gasteiger partial charge is 0.307 e. The van der Waals surface area contributed by atoms with E-state index in [2.05, 4.69) is 31.0 Å². The largest absolute Gasteiger partial charge is 0.451 e. The summed E-state index contributed by atoms with van der Waals surface area (Å²) in [6.07, 6.45) is 3.59. The molecule has 0 radical (unpaired) electrons. The molecule has 2 aromatic carbocycles. The number of carbonyl (C=O) groups is 1. The molecule has 0 aliphatic carbocycles. The monoisotopic (exact) mass is 421 g/mol. The molecule has 0 unspecified atom stereocenters. The number of fused-ring (bicyclic) bond motifs is 1. The van der Waals surface area contributed by atoms with Crippen molar-refractivity contribution < 1.29 is 9.21 Å². The van der Waals surface area contributed by atoms with E-state index >= 15 is 0 Å². The van der Waals surface area contributed by atoms with Crippen LogP contribution in [0.3, 0.4) is 0 Å². The van der Waals surface area contributed by atoms with Crippen LogP contribution in [0.5, 0.6) is 0 Å². The van der Waals surface area contributed by atoms with E-state index in [-0.39, 0.29) is 5.76 Å². The summed E-state index contributed by atoms with van der Waals surface area (Å²) >= 11 is 3.40. The lowest BCUT2D eigenvalue weighted by Crippen LogP contribution is -2.16. The zero-order valence-electron chi connectivity index (χ0n) is 14.5. The molecule has 0 fully saturated rings. The Bertz CT molecular complexity index is 1140. The molecular formula is C21H16BrN3O2. The van der Waals surface area contributed by atoms with Gasteiger partial charge in [0.1, 0.15) is 5.58 Å². The fraction of sp³-hybridized carbons (Fsp3) is 0.0476. The van der Waals surface area contributed by atoms with Gasteiger partial charge in [-0.1, -0.05) is 34.1 Å². The van der Waals surface area contributed by atoms with E-state index in [0.29, 0.717) is 5.58 Å². The number of rotatable bonds is 4. The molecule has 0 saturated heterocycles. The Labute approximate surface area is 164 Å². The second-order valence-corrected chi connectivity index (χ2v) is 7.03. The van der Waals surface area contributed by atoms with E-state index in [1.54, 1.807) is 12.3 Å². The first-order chi connectivity index (χ1) is 13.1. The Morgan fingerprint density at radius 3 is 2.78 bits per heavy atom. The van der Waals surface area contributed by atoms with Gasteiger partial charge in [-0.25, -0.2) is 5.43 Å². The van der Waals surface area contributed by atoms with Gasteiger partial charge in [0.05, 0.1) is 6.21 Å². The van der Waals surface area contributed by atoms with Crippen molar-refractivity contribution in [2.45, 2.75) is 6.92 Å². The van der Waals surface area contributed by atoms with Gasteiger partial charge >= 0.3 is 5.91 Å². The molecule has 4 rings (SSSR count). The van der Waals surface area contributed by atoms with Crippen LogP contribution >= 0.6 is 15.9 Å². The number of carbonyl (C=O) groups excluding carboxylic acids is 1. The lowest BCUT2D eigenvalue weighted by molar-refractivity contribution is 0.0929. The van der Waals surface area contributed by atoms with Gasteiger partial charge in [0, 0.05) is 33.0 Å². The maximum atomic E-state index is 12.2. The van der Waals surface area contributed by atoms with Gasteiger partial charge in [-0.15, -0.1) is 0 Å². The molecule has 2 aromatic heterocycles. The lowest BCUT2D eigenvalue weighted by atomic mass is 10.2. The maximum Gasteiger partial charge on any atom is 0.307 e. The van der Waals surface area contributed by atoms with Gasteiger partial charge in [0.2, 0.25) is 0 Å². The number of aryl methyl sites for hydroxylation is 1. The fourth-order valence-electron chi connectivity index (χ4n) is 2.88. The van der Waals surface area contributed by atoms with Crippen molar-refractivity contribution >= 4 is 39.0 Å². The van der Waals surface area contributed by atoms with E-state index in [9.17, 15) is 4.79 Å². The Hall–Kier alpha value is -3.12. The molecule has 0 spiro atoms. The number of aromatic nitrogens is 1. The van der Waals surface area contributed by atoms with Crippen LogP contribution in [0.1, 0.15) is 21.8 Å². The summed E-state index contributed by atoms with van der Waals surface area (Å²) in [7, 11) is 0. The molecule has 0 aliphatic heterocycles. The average molecular weight is 422 g/mol. The number of para-hydroxylation sites is 1. The fourth-order valence-corrected chi connectivity index (χ4v) is 3.26. The molecule has 0 saturated carbocycles. The summed E-state index contributed by atoms with van der Waals surface area (Å²) in [4.78, 5) is 12.2. The van der Waals surface area contributed by atoms with Crippen LogP contribution in [0.4, 0.5) is 0 Å². The van der Waals surface area contributed by atoms with Crippen LogP contribution in [-0.2, 0) is 0 Å². The summed E-state index contributed by atoms with van der Waals surface area (Å²) in [5, 5.41) is 4.90. The first kappa shape index (κ1) is 17.3. The molecule has 4 aromatic rings. The van der Waals surface area contributed by atoms with Crippen LogP contribution in [0.25, 0.3) is 16.7 Å². The normalized spacial score (nSPS) is 11.3. The van der Waals surface area contributed by atoms with Crippen molar-refractivity contribution in [2.75, 3.05) is 0 Å². The molecule has 1 amide bonds. The highest BCUT2D eigenvalue weighted by atomic mass is 79.9. The van der Waals surface area contributed by atoms with Crippen molar-refractivity contribution in [3.8, 4) is 5.69 Å². The molecule has 1 N–H and O–H groups in total. The first-order valence-corrected chi connectivity index (χ1v) is 9.16. The quantitative estimate of drug-likeness (QED) is 0.369. The van der Waals surface area contributed by atoms with E-state index in [1.165, 1.54) is 0 Å². The number of nitrogens with one attached hydrogen (secondary N) is 1. The second-order valence-electron chi connectivity index (χ2n) is 6.11. The predicted molar refractivity (Wildman–Crippen MR) is 109 cm³/mol. The first-order valence-electron chi connectivity index (χ1n) is 8.37. The SMILES string of the molecule is Cc1cc(/C=N/NC(=O)c2cc3cc(Br)ccc3o2)cn1-c1ccccc1. The van der Waals surface area contributed by atoms with Crippen molar-refractivity contribution in [3.05, 3.63) is 88.4 Å². The second kappa shape index (κ2) is 7.25. The van der Waals surface area contributed by atoms with Crippen molar-refractivity contribution in [1.82, 2.24) is 9.99 Å². The van der Waals surface area contributed by atoms with Crippen LogP contribution in [0, 0.1) is 6.92 Å². The number of hydrazone groups is 1. The zero-order chi connectivity index (χ0) is 18.8. The highest BCUT2D eigenvalue weighted by Crippen LogP contribution is 2.23. The van der Waals surface area contributed by atoms with Crippen molar-refractivity contribution in [2.24, 2.45) is 5.10 Å². The van der Waals surface area contributed by atoms with Crippen LogP contribution < -0.4 is 5.43 Å². The topological polar surface area (TPSA) is 59.5 Å². The third-order valence-electron chi connectivity index (χ3n) is 4.15. The van der Waals surface area contributed by atoms with E-state index < -0.39 is 5.91 Å². The van der Waals surface area contributed by atoms with Crippen molar-refractivity contribution in [3.63, 3.8) is 0 Å². The van der Waals surface area contributed by atoms with Gasteiger partial charge in [-0.2, -0.15) is 5.10 Å². The molecule has 5 nitrogen and oxygen atoms in total. The van der Waals surface area contributed by atoms with E-state index in [1.807, 2.05) is 67.7 Å². The van der Waals surface area contributed by atoms with Gasteiger partial charge in [-0.3, -0.25) is 4.79 Å². The Morgan fingerprint density at radius 2 is 1.96 bits per heavy atom. The predicted octanol–water partition coefficient (Wildman–Crippen LogP) is 5.06. The Kier molecular flexibility index (Phi) is 4.64. The summed E-state index contributed by atoms with van der Waals surface area (Å²) in [5.74, 6) is -0.170. The number of benzene rings is 2. The maximum absolute atomic E-state index is 12.2. The highest BCUT2D eigenvalue weighted by Gasteiger charge is 2.11. The number of hydrogen-bond donors (Lipinski definition) is 1. The highest BCUT2D eigenvalue weighted by molar-refractivity contribution is 9.10.